The minimum Gasteiger partial charge on any atom is -0.387 e. The van der Waals surface area contributed by atoms with Crippen LogP contribution in [0, 0.1) is 13.8 Å². The Hall–Kier alpha value is -3.36. The van der Waals surface area contributed by atoms with E-state index < -0.39 is 36.1 Å². The molecule has 0 amide bonds. The van der Waals surface area contributed by atoms with E-state index >= 15 is 0 Å². The molecule has 0 saturated carbocycles. The molecule has 0 fully saturated rings. The number of esters is 4. The van der Waals surface area contributed by atoms with Gasteiger partial charge in [0.25, 0.3) is 0 Å². The number of benzene rings is 2. The minimum absolute atomic E-state index is 0.0484. The molecule has 0 radical (unpaired) electrons. The van der Waals surface area contributed by atoms with Crippen molar-refractivity contribution in [3.8, 4) is 0 Å². The fourth-order valence-corrected chi connectivity index (χ4v) is 2.22. The first-order chi connectivity index (χ1) is 13.2. The van der Waals surface area contributed by atoms with Gasteiger partial charge in [-0.1, -0.05) is 35.4 Å². The summed E-state index contributed by atoms with van der Waals surface area (Å²) in [7, 11) is 0. The predicted molar refractivity (Wildman–Crippen MR) is 95.2 cm³/mol. The summed E-state index contributed by atoms with van der Waals surface area (Å²) in [5.41, 5.74) is 1.57. The fraction of sp³-hybridized carbons (Fsp3) is 0.200. The standard InChI is InChI=1S/C20H18O8/c1-11-5-3-7-13(9-11)17(23)27-19(25)15(21)16(22)20(26)28-18(24)14-8-4-6-12(2)10-14/h3-10,15-16,21-22H,1-2H3. The van der Waals surface area contributed by atoms with Gasteiger partial charge >= 0.3 is 23.9 Å². The summed E-state index contributed by atoms with van der Waals surface area (Å²) in [5, 5.41) is 19.5. The highest BCUT2D eigenvalue weighted by Crippen LogP contribution is 2.10. The van der Waals surface area contributed by atoms with Crippen LogP contribution >= 0.6 is 0 Å². The maximum absolute atomic E-state index is 11.9. The number of carbonyl (C=O) groups is 4. The van der Waals surface area contributed by atoms with E-state index in [1.54, 1.807) is 38.1 Å². The van der Waals surface area contributed by atoms with Gasteiger partial charge in [-0.25, -0.2) is 19.2 Å². The molecule has 2 N–H and O–H groups in total. The molecule has 0 spiro atoms. The molecule has 8 heteroatoms. The van der Waals surface area contributed by atoms with Gasteiger partial charge in [0.1, 0.15) is 0 Å². The summed E-state index contributed by atoms with van der Waals surface area (Å²) in [5.74, 6) is -5.24. The molecule has 0 aliphatic heterocycles. The summed E-state index contributed by atoms with van der Waals surface area (Å²) in [4.78, 5) is 47.4. The largest absolute Gasteiger partial charge is 0.387 e. The summed E-state index contributed by atoms with van der Waals surface area (Å²) >= 11 is 0. The Morgan fingerprint density at radius 3 is 1.39 bits per heavy atom. The van der Waals surface area contributed by atoms with Crippen molar-refractivity contribution in [1.82, 2.24) is 0 Å². The van der Waals surface area contributed by atoms with Crippen molar-refractivity contribution in [3.63, 3.8) is 0 Å². The third-order valence-corrected chi connectivity index (χ3v) is 3.68. The van der Waals surface area contributed by atoms with E-state index in [2.05, 4.69) is 9.47 Å². The van der Waals surface area contributed by atoms with Crippen LogP contribution in [0.5, 0.6) is 0 Å². The first kappa shape index (κ1) is 20.9. The van der Waals surface area contributed by atoms with Gasteiger partial charge in [-0.05, 0) is 38.1 Å². The van der Waals surface area contributed by atoms with Gasteiger partial charge < -0.3 is 19.7 Å². The Morgan fingerprint density at radius 1 is 0.714 bits per heavy atom. The number of ether oxygens (including phenoxy) is 2. The van der Waals surface area contributed by atoms with E-state index in [1.165, 1.54) is 24.3 Å². The van der Waals surface area contributed by atoms with Crippen LogP contribution < -0.4 is 0 Å². The fourth-order valence-electron chi connectivity index (χ4n) is 2.22. The normalized spacial score (nSPS) is 12.6. The van der Waals surface area contributed by atoms with Gasteiger partial charge in [0.15, 0.2) is 12.2 Å². The summed E-state index contributed by atoms with van der Waals surface area (Å²) in [6.07, 6.45) is -4.82. The lowest BCUT2D eigenvalue weighted by Gasteiger charge is -2.14. The Labute approximate surface area is 160 Å². The topological polar surface area (TPSA) is 127 Å². The molecule has 2 aromatic rings. The van der Waals surface area contributed by atoms with Crippen LogP contribution in [0.3, 0.4) is 0 Å². The highest BCUT2D eigenvalue weighted by Gasteiger charge is 2.35. The molecule has 2 atom stereocenters. The van der Waals surface area contributed by atoms with E-state index in [9.17, 15) is 29.4 Å². The number of hydrogen-bond donors (Lipinski definition) is 2. The third-order valence-electron chi connectivity index (χ3n) is 3.68. The van der Waals surface area contributed by atoms with E-state index in [0.717, 1.165) is 11.1 Å². The van der Waals surface area contributed by atoms with Gasteiger partial charge in [-0.2, -0.15) is 0 Å². The highest BCUT2D eigenvalue weighted by molar-refractivity contribution is 6.01. The molecule has 0 aromatic heterocycles. The monoisotopic (exact) mass is 386 g/mol. The highest BCUT2D eigenvalue weighted by atomic mass is 16.6. The molecule has 146 valence electrons. The first-order valence-corrected chi connectivity index (χ1v) is 8.20. The lowest BCUT2D eigenvalue weighted by Crippen LogP contribution is -2.43. The average Bonchev–Trinajstić information content (AvgIpc) is 2.66. The van der Waals surface area contributed by atoms with Crippen molar-refractivity contribution in [1.29, 1.82) is 0 Å². The first-order valence-electron chi connectivity index (χ1n) is 8.20. The minimum atomic E-state index is -2.41. The van der Waals surface area contributed by atoms with Crippen molar-refractivity contribution in [2.24, 2.45) is 0 Å². The van der Waals surface area contributed by atoms with Crippen molar-refractivity contribution in [2.45, 2.75) is 26.1 Å². The third kappa shape index (κ3) is 5.32. The van der Waals surface area contributed by atoms with Crippen molar-refractivity contribution >= 4 is 23.9 Å². The Bertz CT molecular complexity index is 842. The molecular formula is C20H18O8. The van der Waals surface area contributed by atoms with Gasteiger partial charge in [-0.3, -0.25) is 0 Å². The number of aryl methyl sites for hydroxylation is 2. The van der Waals surface area contributed by atoms with Crippen LogP contribution in [0.2, 0.25) is 0 Å². The number of hydrogen-bond acceptors (Lipinski definition) is 8. The number of aliphatic hydroxyl groups is 2. The molecule has 0 aliphatic carbocycles. The zero-order valence-corrected chi connectivity index (χ0v) is 15.1. The van der Waals surface area contributed by atoms with Crippen molar-refractivity contribution in [3.05, 3.63) is 70.8 Å². The second-order valence-corrected chi connectivity index (χ2v) is 6.05. The summed E-state index contributed by atoms with van der Waals surface area (Å²) in [6, 6.07) is 12.3. The van der Waals surface area contributed by atoms with Gasteiger partial charge in [0.05, 0.1) is 11.1 Å². The van der Waals surface area contributed by atoms with Crippen molar-refractivity contribution in [2.75, 3.05) is 0 Å². The van der Waals surface area contributed by atoms with Crippen LogP contribution in [0.1, 0.15) is 31.8 Å². The van der Waals surface area contributed by atoms with Crippen LogP contribution in [0.15, 0.2) is 48.5 Å². The van der Waals surface area contributed by atoms with E-state index in [4.69, 9.17) is 0 Å². The number of aliphatic hydroxyl groups excluding tert-OH is 2. The molecule has 0 aliphatic rings. The second-order valence-electron chi connectivity index (χ2n) is 6.05. The molecule has 2 aromatic carbocycles. The SMILES string of the molecule is Cc1cccc(C(=O)OC(=O)C(O)C(O)C(=O)OC(=O)c2cccc(C)c2)c1. The van der Waals surface area contributed by atoms with Gasteiger partial charge in [0, 0.05) is 0 Å². The maximum atomic E-state index is 11.9. The lowest BCUT2D eigenvalue weighted by molar-refractivity contribution is -0.166. The summed E-state index contributed by atoms with van der Waals surface area (Å²) in [6.45, 7) is 3.44. The van der Waals surface area contributed by atoms with Crippen LogP contribution in [0.25, 0.3) is 0 Å². The smallest absolute Gasteiger partial charge is 0.346 e. The summed E-state index contributed by atoms with van der Waals surface area (Å²) < 4.78 is 8.90. The van der Waals surface area contributed by atoms with Gasteiger partial charge in [-0.15, -0.1) is 0 Å². The molecule has 28 heavy (non-hydrogen) atoms. The van der Waals surface area contributed by atoms with Crippen molar-refractivity contribution < 1.29 is 38.9 Å². The van der Waals surface area contributed by atoms with Crippen LogP contribution in [0.4, 0.5) is 0 Å². The maximum Gasteiger partial charge on any atom is 0.346 e. The second kappa shape index (κ2) is 9.03. The Kier molecular flexibility index (Phi) is 6.75. The molecular weight excluding hydrogens is 368 g/mol. The molecule has 0 bridgehead atoms. The number of carbonyl (C=O) groups excluding carboxylic acids is 4. The Morgan fingerprint density at radius 2 is 1.07 bits per heavy atom. The van der Waals surface area contributed by atoms with E-state index in [-0.39, 0.29) is 11.1 Å². The molecule has 0 saturated heterocycles. The molecule has 8 nitrogen and oxygen atoms in total. The average molecular weight is 386 g/mol. The zero-order chi connectivity index (χ0) is 20.8. The van der Waals surface area contributed by atoms with E-state index in [0.29, 0.717) is 0 Å². The quantitative estimate of drug-likeness (QED) is 0.577. The lowest BCUT2D eigenvalue weighted by atomic mass is 10.1. The molecule has 2 unspecified atom stereocenters. The van der Waals surface area contributed by atoms with Gasteiger partial charge in [0.2, 0.25) is 0 Å². The van der Waals surface area contributed by atoms with Crippen LogP contribution in [-0.4, -0.2) is 46.3 Å². The Balaban J connectivity index is 1.97. The number of rotatable bonds is 5. The van der Waals surface area contributed by atoms with Crippen LogP contribution in [-0.2, 0) is 19.1 Å². The zero-order valence-electron chi connectivity index (χ0n) is 15.1. The molecule has 0 heterocycles. The van der Waals surface area contributed by atoms with E-state index in [1.807, 2.05) is 0 Å². The molecule has 2 rings (SSSR count). The predicted octanol–water partition coefficient (Wildman–Crippen LogP) is 1.09.